The van der Waals surface area contributed by atoms with Crippen molar-refractivity contribution in [2.45, 2.75) is 39.2 Å². The predicted octanol–water partition coefficient (Wildman–Crippen LogP) is 2.53. The molecule has 0 spiro atoms. The van der Waals surface area contributed by atoms with E-state index in [-0.39, 0.29) is 23.8 Å². The monoisotopic (exact) mass is 393 g/mol. The van der Waals surface area contributed by atoms with Crippen LogP contribution in [0.5, 0.6) is 11.5 Å². The maximum absolute atomic E-state index is 12.9. The second-order valence-corrected chi connectivity index (χ2v) is 7.48. The summed E-state index contributed by atoms with van der Waals surface area (Å²) in [4.78, 5) is 14.9. The fourth-order valence-corrected chi connectivity index (χ4v) is 3.86. The number of nitrogens with one attached hydrogen (secondary N) is 2. The van der Waals surface area contributed by atoms with Crippen molar-refractivity contribution in [3.8, 4) is 11.5 Å². The number of amides is 1. The molecule has 1 saturated heterocycles. The fraction of sp³-hybridized carbons (Fsp3) is 0.600. The van der Waals surface area contributed by atoms with Gasteiger partial charge in [0.15, 0.2) is 16.6 Å². The van der Waals surface area contributed by atoms with Crippen molar-refractivity contribution >= 4 is 23.2 Å². The molecule has 150 valence electrons. The number of likely N-dealkylation sites (tertiary alicyclic amines) is 1. The molecule has 2 atom stereocenters. The third-order valence-corrected chi connectivity index (χ3v) is 5.11. The molecular formula is C20H31N3O3S. The zero-order chi connectivity index (χ0) is 20.0. The first-order valence-electron chi connectivity index (χ1n) is 9.46. The lowest BCUT2D eigenvalue weighted by Gasteiger charge is -2.23. The Labute approximate surface area is 167 Å². The number of carbonyl (C=O) groups excluding carboxylic acids is 1. The van der Waals surface area contributed by atoms with Crippen LogP contribution in [0.15, 0.2) is 18.2 Å². The van der Waals surface area contributed by atoms with Crippen LogP contribution in [0.1, 0.15) is 38.7 Å². The molecular weight excluding hydrogens is 362 g/mol. The van der Waals surface area contributed by atoms with Crippen LogP contribution >= 0.6 is 12.2 Å². The third-order valence-electron chi connectivity index (χ3n) is 4.74. The first-order chi connectivity index (χ1) is 12.9. The highest BCUT2D eigenvalue weighted by Gasteiger charge is 2.41. The highest BCUT2D eigenvalue weighted by molar-refractivity contribution is 7.80. The van der Waals surface area contributed by atoms with Crippen LogP contribution in [0.3, 0.4) is 0 Å². The summed E-state index contributed by atoms with van der Waals surface area (Å²) in [5.41, 5.74) is 0.975. The highest BCUT2D eigenvalue weighted by Crippen LogP contribution is 2.41. The van der Waals surface area contributed by atoms with E-state index in [2.05, 4.69) is 29.4 Å². The maximum atomic E-state index is 12.9. The lowest BCUT2D eigenvalue weighted by atomic mass is 9.87. The van der Waals surface area contributed by atoms with Gasteiger partial charge in [0.2, 0.25) is 5.91 Å². The van der Waals surface area contributed by atoms with Gasteiger partial charge in [0.25, 0.3) is 0 Å². The summed E-state index contributed by atoms with van der Waals surface area (Å²) in [5, 5.41) is 7.00. The van der Waals surface area contributed by atoms with Gasteiger partial charge in [-0.05, 0) is 38.6 Å². The van der Waals surface area contributed by atoms with Crippen LogP contribution in [0.4, 0.5) is 0 Å². The minimum atomic E-state index is -0.204. The van der Waals surface area contributed by atoms with E-state index in [1.165, 1.54) is 0 Å². The Morgan fingerprint density at radius 3 is 2.63 bits per heavy atom. The van der Waals surface area contributed by atoms with Crippen molar-refractivity contribution in [3.05, 3.63) is 23.8 Å². The molecule has 0 aliphatic carbocycles. The molecule has 7 heteroatoms. The number of ether oxygens (including phenoxy) is 2. The van der Waals surface area contributed by atoms with Crippen molar-refractivity contribution in [1.29, 1.82) is 0 Å². The Hall–Kier alpha value is -2.02. The van der Waals surface area contributed by atoms with E-state index in [0.717, 1.165) is 12.0 Å². The standard InChI is InChI=1S/C20H31N3O3S/c1-6-10-21-19(24)16-12-23(20(27)22-13(2)3)11-15(16)14-8-7-9-17(25-4)18(14)26-5/h7-9,13,15-16H,6,10-12H2,1-5H3,(H,21,24)(H,22,27). The molecule has 2 rings (SSSR count). The van der Waals surface area contributed by atoms with Gasteiger partial charge in [-0.25, -0.2) is 0 Å². The van der Waals surface area contributed by atoms with E-state index < -0.39 is 0 Å². The molecule has 6 nitrogen and oxygen atoms in total. The molecule has 1 aliphatic rings. The highest BCUT2D eigenvalue weighted by atomic mass is 32.1. The second kappa shape index (κ2) is 9.78. The summed E-state index contributed by atoms with van der Waals surface area (Å²) < 4.78 is 11.1. The molecule has 1 heterocycles. The second-order valence-electron chi connectivity index (χ2n) is 7.10. The largest absolute Gasteiger partial charge is 0.493 e. The Balaban J connectivity index is 2.35. The number of thiocarbonyl (C=S) groups is 1. The van der Waals surface area contributed by atoms with E-state index in [9.17, 15) is 4.79 Å². The van der Waals surface area contributed by atoms with Crippen LogP contribution in [-0.4, -0.2) is 55.8 Å². The number of methoxy groups -OCH3 is 2. The molecule has 1 amide bonds. The average molecular weight is 394 g/mol. The molecule has 1 aliphatic heterocycles. The van der Waals surface area contributed by atoms with Gasteiger partial charge in [-0.3, -0.25) is 4.79 Å². The quantitative estimate of drug-likeness (QED) is 0.694. The summed E-state index contributed by atoms with van der Waals surface area (Å²) in [7, 11) is 3.25. The molecule has 1 fully saturated rings. The van der Waals surface area contributed by atoms with Crippen LogP contribution < -0.4 is 20.1 Å². The van der Waals surface area contributed by atoms with Gasteiger partial charge in [0.1, 0.15) is 0 Å². The van der Waals surface area contributed by atoms with Gasteiger partial charge in [-0.2, -0.15) is 0 Å². The molecule has 0 bridgehead atoms. The fourth-order valence-electron chi connectivity index (χ4n) is 3.47. The van der Waals surface area contributed by atoms with E-state index in [0.29, 0.717) is 36.2 Å². The van der Waals surface area contributed by atoms with E-state index >= 15 is 0 Å². The normalized spacial score (nSPS) is 19.1. The van der Waals surface area contributed by atoms with Gasteiger partial charge in [0, 0.05) is 37.2 Å². The predicted molar refractivity (Wildman–Crippen MR) is 112 cm³/mol. The van der Waals surface area contributed by atoms with Crippen molar-refractivity contribution < 1.29 is 14.3 Å². The molecule has 2 N–H and O–H groups in total. The van der Waals surface area contributed by atoms with Crippen LogP contribution in [0.2, 0.25) is 0 Å². The lowest BCUT2D eigenvalue weighted by molar-refractivity contribution is -0.124. The van der Waals surface area contributed by atoms with Gasteiger partial charge in [-0.15, -0.1) is 0 Å². The summed E-state index contributed by atoms with van der Waals surface area (Å²) >= 11 is 5.56. The van der Waals surface area contributed by atoms with E-state index in [1.54, 1.807) is 14.2 Å². The van der Waals surface area contributed by atoms with E-state index in [4.69, 9.17) is 21.7 Å². The number of para-hydroxylation sites is 1. The number of rotatable bonds is 7. The molecule has 1 aromatic rings. The Morgan fingerprint density at radius 1 is 1.30 bits per heavy atom. The number of nitrogens with zero attached hydrogens (tertiary/aromatic N) is 1. The van der Waals surface area contributed by atoms with Gasteiger partial charge in [-0.1, -0.05) is 19.1 Å². The van der Waals surface area contributed by atoms with Crippen LogP contribution in [0, 0.1) is 5.92 Å². The van der Waals surface area contributed by atoms with Gasteiger partial charge in [0.05, 0.1) is 20.1 Å². The van der Waals surface area contributed by atoms with Crippen molar-refractivity contribution in [2.24, 2.45) is 5.92 Å². The number of carbonyl (C=O) groups is 1. The summed E-state index contributed by atoms with van der Waals surface area (Å²) in [6.45, 7) is 8.07. The van der Waals surface area contributed by atoms with Gasteiger partial charge >= 0.3 is 0 Å². The minimum Gasteiger partial charge on any atom is -0.493 e. The molecule has 27 heavy (non-hydrogen) atoms. The van der Waals surface area contributed by atoms with Crippen LogP contribution in [0.25, 0.3) is 0 Å². The molecule has 0 saturated carbocycles. The Bertz CT molecular complexity index is 666. The minimum absolute atomic E-state index is 0.0289. The zero-order valence-corrected chi connectivity index (χ0v) is 17.7. The van der Waals surface area contributed by atoms with E-state index in [1.807, 2.05) is 25.1 Å². The zero-order valence-electron chi connectivity index (χ0n) is 16.9. The molecule has 0 aromatic heterocycles. The van der Waals surface area contributed by atoms with Crippen molar-refractivity contribution in [3.63, 3.8) is 0 Å². The summed E-state index contributed by atoms with van der Waals surface area (Å²) in [5.74, 6) is 1.18. The molecule has 1 aromatic carbocycles. The first kappa shape index (κ1) is 21.3. The average Bonchev–Trinajstić information content (AvgIpc) is 3.10. The first-order valence-corrected chi connectivity index (χ1v) is 9.87. The topological polar surface area (TPSA) is 62.8 Å². The number of benzene rings is 1. The summed E-state index contributed by atoms with van der Waals surface area (Å²) in [6, 6.07) is 6.06. The SMILES string of the molecule is CCCNC(=O)C1CN(C(=S)NC(C)C)CC1c1cccc(OC)c1OC. The maximum Gasteiger partial charge on any atom is 0.225 e. The third kappa shape index (κ3) is 5.03. The molecule has 2 unspecified atom stereocenters. The van der Waals surface area contributed by atoms with Crippen molar-refractivity contribution in [1.82, 2.24) is 15.5 Å². The van der Waals surface area contributed by atoms with Crippen LogP contribution in [-0.2, 0) is 4.79 Å². The Morgan fingerprint density at radius 2 is 2.04 bits per heavy atom. The number of hydrogen-bond acceptors (Lipinski definition) is 4. The molecule has 0 radical (unpaired) electrons. The van der Waals surface area contributed by atoms with Crippen molar-refractivity contribution in [2.75, 3.05) is 33.9 Å². The van der Waals surface area contributed by atoms with Gasteiger partial charge < -0.3 is 25.0 Å². The number of hydrogen-bond donors (Lipinski definition) is 2. The summed E-state index contributed by atoms with van der Waals surface area (Å²) in [6.07, 6.45) is 0.905. The lowest BCUT2D eigenvalue weighted by Crippen LogP contribution is -2.42. The smallest absolute Gasteiger partial charge is 0.225 e. The Kier molecular flexibility index (Phi) is 7.71.